The van der Waals surface area contributed by atoms with Gasteiger partial charge in [0.2, 0.25) is 0 Å². The Morgan fingerprint density at radius 1 is 1.06 bits per heavy atom. The second kappa shape index (κ2) is 9.73. The normalized spacial score (nSPS) is 11.6. The summed E-state index contributed by atoms with van der Waals surface area (Å²) in [6.07, 6.45) is -4.79. The third-order valence-corrected chi connectivity index (χ3v) is 6.13. The minimum Gasteiger partial charge on any atom is -0.481 e. The third-order valence-electron chi connectivity index (χ3n) is 5.64. The van der Waals surface area contributed by atoms with Crippen LogP contribution in [0.5, 0.6) is 0 Å². The zero-order valence-corrected chi connectivity index (χ0v) is 20.7. The molecule has 7 nitrogen and oxygen atoms in total. The fourth-order valence-corrected chi connectivity index (χ4v) is 4.21. The molecule has 0 saturated carbocycles. The molecule has 4 rings (SSSR count). The number of nitrogens with one attached hydrogen (secondary N) is 1. The van der Waals surface area contributed by atoms with E-state index in [9.17, 15) is 22.8 Å². The van der Waals surface area contributed by atoms with E-state index in [0.717, 1.165) is 11.6 Å². The number of rotatable bonds is 6. The van der Waals surface area contributed by atoms with Crippen LogP contribution in [-0.2, 0) is 23.9 Å². The van der Waals surface area contributed by atoms with Crippen LogP contribution in [0.2, 0.25) is 0 Å². The van der Waals surface area contributed by atoms with Crippen molar-refractivity contribution in [2.75, 3.05) is 5.32 Å². The fourth-order valence-electron chi connectivity index (χ4n) is 3.85. The number of carboxylic acid groups (broad SMARTS) is 1. The van der Waals surface area contributed by atoms with Gasteiger partial charge >= 0.3 is 12.1 Å². The number of alkyl halides is 3. The van der Waals surface area contributed by atoms with Gasteiger partial charge in [-0.05, 0) is 49.2 Å². The zero-order valence-electron chi connectivity index (χ0n) is 19.2. The lowest BCUT2D eigenvalue weighted by Gasteiger charge is -2.13. The van der Waals surface area contributed by atoms with Crippen LogP contribution in [0.1, 0.15) is 38.6 Å². The van der Waals surface area contributed by atoms with Gasteiger partial charge in [0.25, 0.3) is 5.91 Å². The van der Waals surface area contributed by atoms with Crippen molar-refractivity contribution in [2.24, 2.45) is 0 Å². The maximum atomic E-state index is 13.4. The van der Waals surface area contributed by atoms with Gasteiger partial charge in [-0.1, -0.05) is 40.2 Å². The number of pyridine rings is 1. The van der Waals surface area contributed by atoms with Gasteiger partial charge in [-0.25, -0.2) is 4.98 Å². The van der Waals surface area contributed by atoms with Crippen molar-refractivity contribution < 1.29 is 27.9 Å². The molecule has 0 unspecified atom stereocenters. The topological polar surface area (TPSA) is 97.1 Å². The van der Waals surface area contributed by atoms with Crippen molar-refractivity contribution in [3.63, 3.8) is 0 Å². The maximum absolute atomic E-state index is 13.4. The van der Waals surface area contributed by atoms with Crippen LogP contribution in [0.3, 0.4) is 0 Å². The van der Waals surface area contributed by atoms with Gasteiger partial charge in [-0.15, -0.1) is 0 Å². The predicted octanol–water partition coefficient (Wildman–Crippen LogP) is 5.76. The van der Waals surface area contributed by atoms with Crippen LogP contribution in [0.4, 0.5) is 18.9 Å². The summed E-state index contributed by atoms with van der Waals surface area (Å²) in [4.78, 5) is 27.7. The molecule has 0 saturated heterocycles. The standard InChI is InChI=1S/C25H20BrF3N4O3/c1-13-23(14(2)33(32-13)12-16-5-3-15(4-6-16)9-22(34)35)31-24(36)19-11-21(25(27,28)29)30-20-8-7-17(26)10-18(19)20/h3-8,10-11H,9,12H2,1-2H3,(H,31,36)(H,34,35). The van der Waals surface area contributed by atoms with E-state index >= 15 is 0 Å². The molecule has 0 aliphatic heterocycles. The number of amides is 1. The first-order valence-corrected chi connectivity index (χ1v) is 11.5. The summed E-state index contributed by atoms with van der Waals surface area (Å²) in [6, 6.07) is 12.3. The molecular weight excluding hydrogens is 541 g/mol. The summed E-state index contributed by atoms with van der Waals surface area (Å²) in [5.74, 6) is -1.63. The number of carbonyl (C=O) groups is 2. The van der Waals surface area contributed by atoms with Gasteiger partial charge < -0.3 is 10.4 Å². The minimum atomic E-state index is -4.72. The lowest BCUT2D eigenvalue weighted by atomic mass is 10.1. The highest BCUT2D eigenvalue weighted by Gasteiger charge is 2.34. The molecule has 2 N–H and O–H groups in total. The largest absolute Gasteiger partial charge is 0.481 e. The number of anilines is 1. The van der Waals surface area contributed by atoms with E-state index in [2.05, 4.69) is 31.3 Å². The van der Waals surface area contributed by atoms with Gasteiger partial charge in [0.1, 0.15) is 5.69 Å². The van der Waals surface area contributed by atoms with Crippen molar-refractivity contribution in [3.05, 3.63) is 86.8 Å². The molecule has 186 valence electrons. The Kier molecular flexibility index (Phi) is 6.85. The maximum Gasteiger partial charge on any atom is 0.433 e. The number of hydrogen-bond acceptors (Lipinski definition) is 4. The van der Waals surface area contributed by atoms with E-state index < -0.39 is 23.7 Å². The fraction of sp³-hybridized carbons (Fsp3) is 0.200. The highest BCUT2D eigenvalue weighted by molar-refractivity contribution is 9.10. The molecule has 0 aliphatic rings. The average Bonchev–Trinajstić information content (AvgIpc) is 3.05. The van der Waals surface area contributed by atoms with Gasteiger partial charge in [-0.2, -0.15) is 18.3 Å². The lowest BCUT2D eigenvalue weighted by molar-refractivity contribution is -0.141. The number of fused-ring (bicyclic) bond motifs is 1. The van der Waals surface area contributed by atoms with Crippen molar-refractivity contribution in [1.29, 1.82) is 0 Å². The number of nitrogens with zero attached hydrogens (tertiary/aromatic N) is 3. The summed E-state index contributed by atoms with van der Waals surface area (Å²) in [5, 5.41) is 16.4. The quantitative estimate of drug-likeness (QED) is 0.312. The first-order chi connectivity index (χ1) is 16.9. The number of aliphatic carboxylic acids is 1. The Morgan fingerprint density at radius 3 is 2.36 bits per heavy atom. The molecule has 2 heterocycles. The minimum absolute atomic E-state index is 0.0497. The van der Waals surface area contributed by atoms with E-state index in [-0.39, 0.29) is 22.9 Å². The number of halogens is 4. The van der Waals surface area contributed by atoms with Crippen molar-refractivity contribution in [1.82, 2.24) is 14.8 Å². The monoisotopic (exact) mass is 560 g/mol. The third kappa shape index (κ3) is 5.40. The molecule has 0 fully saturated rings. The Labute approximate surface area is 212 Å². The summed E-state index contributed by atoms with van der Waals surface area (Å²) in [6.45, 7) is 3.80. The molecule has 0 atom stereocenters. The molecule has 0 aliphatic carbocycles. The smallest absolute Gasteiger partial charge is 0.433 e. The second-order valence-electron chi connectivity index (χ2n) is 8.26. The second-order valence-corrected chi connectivity index (χ2v) is 9.17. The van der Waals surface area contributed by atoms with E-state index in [4.69, 9.17) is 5.11 Å². The Hall–Kier alpha value is -3.73. The van der Waals surface area contributed by atoms with Gasteiger partial charge in [0.15, 0.2) is 0 Å². The van der Waals surface area contributed by atoms with Crippen LogP contribution in [-0.4, -0.2) is 31.7 Å². The number of carbonyl (C=O) groups excluding carboxylic acids is 1. The van der Waals surface area contributed by atoms with E-state index in [0.29, 0.717) is 33.7 Å². The number of hydrogen-bond donors (Lipinski definition) is 2. The van der Waals surface area contributed by atoms with E-state index in [1.807, 2.05) is 0 Å². The zero-order chi connectivity index (χ0) is 26.2. The molecular formula is C25H20BrF3N4O3. The Morgan fingerprint density at radius 2 is 1.72 bits per heavy atom. The van der Waals surface area contributed by atoms with E-state index in [1.165, 1.54) is 6.07 Å². The Bertz CT molecular complexity index is 1480. The van der Waals surface area contributed by atoms with E-state index in [1.54, 1.807) is 54.9 Å². The molecule has 1 amide bonds. The number of benzene rings is 2. The molecule has 11 heteroatoms. The van der Waals surface area contributed by atoms with Crippen molar-refractivity contribution in [2.45, 2.75) is 33.0 Å². The highest BCUT2D eigenvalue weighted by atomic mass is 79.9. The Balaban J connectivity index is 1.64. The van der Waals surface area contributed by atoms with Gasteiger partial charge in [0.05, 0.1) is 41.1 Å². The van der Waals surface area contributed by atoms with Crippen LogP contribution >= 0.6 is 15.9 Å². The lowest BCUT2D eigenvalue weighted by Crippen LogP contribution is -2.17. The summed E-state index contributed by atoms with van der Waals surface area (Å²) < 4.78 is 42.6. The number of aromatic nitrogens is 3. The molecule has 2 aromatic carbocycles. The van der Waals surface area contributed by atoms with Crippen LogP contribution in [0.25, 0.3) is 10.9 Å². The summed E-state index contributed by atoms with van der Waals surface area (Å²) in [7, 11) is 0. The molecule has 36 heavy (non-hydrogen) atoms. The van der Waals surface area contributed by atoms with Crippen molar-refractivity contribution >= 4 is 44.4 Å². The predicted molar refractivity (Wildman–Crippen MR) is 131 cm³/mol. The van der Waals surface area contributed by atoms with Gasteiger partial charge in [-0.3, -0.25) is 14.3 Å². The molecule has 0 spiro atoms. The summed E-state index contributed by atoms with van der Waals surface area (Å²) >= 11 is 3.29. The van der Waals surface area contributed by atoms with Crippen LogP contribution in [0.15, 0.2) is 53.0 Å². The molecule has 0 radical (unpaired) electrons. The highest BCUT2D eigenvalue weighted by Crippen LogP contribution is 2.32. The molecule has 2 aromatic heterocycles. The molecule has 0 bridgehead atoms. The van der Waals surface area contributed by atoms with Gasteiger partial charge in [0, 0.05) is 9.86 Å². The first-order valence-electron chi connectivity index (χ1n) is 10.7. The number of carboxylic acids is 1. The first kappa shape index (κ1) is 25.4. The van der Waals surface area contributed by atoms with Crippen LogP contribution < -0.4 is 5.32 Å². The molecule has 4 aromatic rings. The van der Waals surface area contributed by atoms with Crippen molar-refractivity contribution in [3.8, 4) is 0 Å². The van der Waals surface area contributed by atoms with Crippen LogP contribution in [0, 0.1) is 13.8 Å². The average molecular weight is 561 g/mol. The summed E-state index contributed by atoms with van der Waals surface area (Å²) in [5.41, 5.74) is 1.79. The number of aryl methyl sites for hydroxylation is 1. The SMILES string of the molecule is Cc1nn(Cc2ccc(CC(=O)O)cc2)c(C)c1NC(=O)c1cc(C(F)(F)F)nc2ccc(Br)cc12.